The summed E-state index contributed by atoms with van der Waals surface area (Å²) in [6.45, 7) is 4.05. The maximum absolute atomic E-state index is 12.0. The van der Waals surface area contributed by atoms with Crippen LogP contribution in [0.5, 0.6) is 5.75 Å². The zero-order valence-corrected chi connectivity index (χ0v) is 14.2. The SMILES string of the molecule is Cc1ccc(C)c(OCC(O)Cn2nc(-n3ccnc3)ccc2=O)c1. The second-order valence-corrected chi connectivity index (χ2v) is 5.92. The number of aliphatic hydroxyl groups is 1. The van der Waals surface area contributed by atoms with Gasteiger partial charge >= 0.3 is 0 Å². The molecule has 7 nitrogen and oxygen atoms in total. The van der Waals surface area contributed by atoms with Crippen molar-refractivity contribution in [1.82, 2.24) is 19.3 Å². The van der Waals surface area contributed by atoms with Crippen molar-refractivity contribution in [1.29, 1.82) is 0 Å². The zero-order valence-electron chi connectivity index (χ0n) is 14.2. The van der Waals surface area contributed by atoms with E-state index in [0.29, 0.717) is 5.82 Å². The number of ether oxygens (including phenoxy) is 1. The predicted octanol–water partition coefficient (Wildman–Crippen LogP) is 1.49. The molecule has 25 heavy (non-hydrogen) atoms. The molecule has 1 atom stereocenters. The summed E-state index contributed by atoms with van der Waals surface area (Å²) in [5, 5.41) is 14.5. The molecule has 3 aromatic rings. The number of hydrogen-bond donors (Lipinski definition) is 1. The molecule has 1 aromatic carbocycles. The van der Waals surface area contributed by atoms with Crippen molar-refractivity contribution in [3.63, 3.8) is 0 Å². The quantitative estimate of drug-likeness (QED) is 0.735. The van der Waals surface area contributed by atoms with Gasteiger partial charge in [0, 0.05) is 18.5 Å². The molecule has 130 valence electrons. The van der Waals surface area contributed by atoms with E-state index in [1.807, 2.05) is 32.0 Å². The topological polar surface area (TPSA) is 82.2 Å². The molecule has 7 heteroatoms. The molecule has 0 amide bonds. The van der Waals surface area contributed by atoms with Crippen molar-refractivity contribution in [3.8, 4) is 11.6 Å². The number of hydrogen-bond acceptors (Lipinski definition) is 5. The van der Waals surface area contributed by atoms with E-state index in [2.05, 4.69) is 10.1 Å². The molecule has 3 rings (SSSR count). The lowest BCUT2D eigenvalue weighted by atomic mass is 10.1. The summed E-state index contributed by atoms with van der Waals surface area (Å²) in [6, 6.07) is 8.92. The van der Waals surface area contributed by atoms with Crippen LogP contribution in [0.2, 0.25) is 0 Å². The largest absolute Gasteiger partial charge is 0.491 e. The number of aliphatic hydroxyl groups excluding tert-OH is 1. The third-order valence-electron chi connectivity index (χ3n) is 3.78. The van der Waals surface area contributed by atoms with Gasteiger partial charge in [-0.25, -0.2) is 9.67 Å². The van der Waals surface area contributed by atoms with Crippen LogP contribution in [0.1, 0.15) is 11.1 Å². The highest BCUT2D eigenvalue weighted by Gasteiger charge is 2.11. The Bertz CT molecular complexity index is 903. The molecule has 0 bridgehead atoms. The number of nitrogens with zero attached hydrogens (tertiary/aromatic N) is 4. The molecule has 2 heterocycles. The Balaban J connectivity index is 1.68. The minimum Gasteiger partial charge on any atom is -0.491 e. The summed E-state index contributed by atoms with van der Waals surface area (Å²) in [5.74, 6) is 1.28. The fraction of sp³-hybridized carbons (Fsp3) is 0.278. The van der Waals surface area contributed by atoms with Gasteiger partial charge in [-0.1, -0.05) is 12.1 Å². The van der Waals surface area contributed by atoms with Gasteiger partial charge in [0.1, 0.15) is 24.8 Å². The van der Waals surface area contributed by atoms with Gasteiger partial charge in [0.05, 0.1) is 6.54 Å². The van der Waals surface area contributed by atoms with E-state index in [0.717, 1.165) is 16.9 Å². The molecule has 0 radical (unpaired) electrons. The van der Waals surface area contributed by atoms with E-state index in [1.165, 1.54) is 10.7 Å². The molecule has 2 aromatic heterocycles. The molecular formula is C18H20N4O3. The first-order chi connectivity index (χ1) is 12.0. The molecule has 0 aliphatic rings. The van der Waals surface area contributed by atoms with Crippen LogP contribution >= 0.6 is 0 Å². The summed E-state index contributed by atoms with van der Waals surface area (Å²) in [4.78, 5) is 15.9. The van der Waals surface area contributed by atoms with Gasteiger partial charge in [0.2, 0.25) is 0 Å². The van der Waals surface area contributed by atoms with Crippen molar-refractivity contribution in [2.24, 2.45) is 0 Å². The fourth-order valence-electron chi connectivity index (χ4n) is 2.40. The number of rotatable bonds is 6. The molecule has 0 aliphatic carbocycles. The number of aromatic nitrogens is 4. The normalized spacial score (nSPS) is 12.1. The lowest BCUT2D eigenvalue weighted by Gasteiger charge is -2.15. The van der Waals surface area contributed by atoms with Crippen LogP contribution in [0, 0.1) is 13.8 Å². The highest BCUT2D eigenvalue weighted by atomic mass is 16.5. The van der Waals surface area contributed by atoms with Crippen molar-refractivity contribution in [3.05, 3.63) is 70.5 Å². The Morgan fingerprint density at radius 2 is 2.08 bits per heavy atom. The predicted molar refractivity (Wildman–Crippen MR) is 93.0 cm³/mol. The average molecular weight is 340 g/mol. The summed E-state index contributed by atoms with van der Waals surface area (Å²) >= 11 is 0. The van der Waals surface area contributed by atoms with Gasteiger partial charge in [-0.05, 0) is 37.1 Å². The van der Waals surface area contributed by atoms with Gasteiger partial charge in [-0.2, -0.15) is 5.10 Å². The lowest BCUT2D eigenvalue weighted by molar-refractivity contribution is 0.0876. The number of aryl methyl sites for hydroxylation is 2. The van der Waals surface area contributed by atoms with Gasteiger partial charge in [0.15, 0.2) is 5.82 Å². The van der Waals surface area contributed by atoms with E-state index in [4.69, 9.17) is 4.74 Å². The Kier molecular flexibility index (Phi) is 4.95. The molecule has 1 unspecified atom stereocenters. The van der Waals surface area contributed by atoms with Gasteiger partial charge < -0.3 is 9.84 Å². The van der Waals surface area contributed by atoms with Gasteiger partial charge in [0.25, 0.3) is 5.56 Å². The second kappa shape index (κ2) is 7.31. The first-order valence-corrected chi connectivity index (χ1v) is 7.97. The van der Waals surface area contributed by atoms with E-state index < -0.39 is 6.10 Å². The Morgan fingerprint density at radius 1 is 1.24 bits per heavy atom. The van der Waals surface area contributed by atoms with Crippen molar-refractivity contribution in [2.45, 2.75) is 26.5 Å². The van der Waals surface area contributed by atoms with Crippen molar-refractivity contribution < 1.29 is 9.84 Å². The van der Waals surface area contributed by atoms with Crippen LogP contribution in [-0.4, -0.2) is 37.1 Å². The zero-order chi connectivity index (χ0) is 17.8. The minimum atomic E-state index is -0.858. The second-order valence-electron chi connectivity index (χ2n) is 5.92. The first-order valence-electron chi connectivity index (χ1n) is 7.97. The molecule has 0 saturated heterocycles. The molecule has 1 N–H and O–H groups in total. The van der Waals surface area contributed by atoms with Crippen LogP contribution in [0.15, 0.2) is 53.8 Å². The molecule has 0 fully saturated rings. The van der Waals surface area contributed by atoms with Crippen LogP contribution in [0.3, 0.4) is 0 Å². The Labute approximate surface area is 145 Å². The smallest absolute Gasteiger partial charge is 0.266 e. The number of imidazole rings is 1. The fourth-order valence-corrected chi connectivity index (χ4v) is 2.40. The van der Waals surface area contributed by atoms with Crippen molar-refractivity contribution >= 4 is 0 Å². The molecule has 0 aliphatic heterocycles. The van der Waals surface area contributed by atoms with Crippen LogP contribution in [-0.2, 0) is 6.54 Å². The summed E-state index contributed by atoms with van der Waals surface area (Å²) in [5.41, 5.74) is 1.80. The van der Waals surface area contributed by atoms with Crippen LogP contribution in [0.25, 0.3) is 5.82 Å². The maximum atomic E-state index is 12.0. The summed E-state index contributed by atoms with van der Waals surface area (Å²) in [7, 11) is 0. The van der Waals surface area contributed by atoms with Crippen LogP contribution in [0.4, 0.5) is 0 Å². The molecule has 0 saturated carbocycles. The van der Waals surface area contributed by atoms with E-state index in [1.54, 1.807) is 29.4 Å². The minimum absolute atomic E-state index is 0.0479. The van der Waals surface area contributed by atoms with E-state index in [9.17, 15) is 9.90 Å². The van der Waals surface area contributed by atoms with Gasteiger partial charge in [-0.15, -0.1) is 0 Å². The van der Waals surface area contributed by atoms with E-state index >= 15 is 0 Å². The Morgan fingerprint density at radius 3 is 2.84 bits per heavy atom. The Hall–Kier alpha value is -2.93. The highest BCUT2D eigenvalue weighted by molar-refractivity contribution is 5.35. The molecular weight excluding hydrogens is 320 g/mol. The monoisotopic (exact) mass is 340 g/mol. The van der Waals surface area contributed by atoms with Crippen molar-refractivity contribution in [2.75, 3.05) is 6.61 Å². The third kappa shape index (κ3) is 4.13. The van der Waals surface area contributed by atoms with Crippen LogP contribution < -0.4 is 10.3 Å². The maximum Gasteiger partial charge on any atom is 0.266 e. The number of benzene rings is 1. The van der Waals surface area contributed by atoms with Gasteiger partial charge in [-0.3, -0.25) is 9.36 Å². The summed E-state index contributed by atoms with van der Waals surface area (Å²) in [6.07, 6.45) is 4.10. The first kappa shape index (κ1) is 16.9. The highest BCUT2D eigenvalue weighted by Crippen LogP contribution is 2.19. The molecule has 0 spiro atoms. The standard InChI is InChI=1S/C18H20N4O3/c1-13-3-4-14(2)16(9-13)25-11-15(23)10-22-18(24)6-5-17(20-22)21-8-7-19-12-21/h3-9,12,15,23H,10-11H2,1-2H3. The lowest BCUT2D eigenvalue weighted by Crippen LogP contribution is -2.32. The summed E-state index contributed by atoms with van der Waals surface area (Å²) < 4.78 is 8.60. The average Bonchev–Trinajstić information content (AvgIpc) is 3.12. The van der Waals surface area contributed by atoms with E-state index in [-0.39, 0.29) is 18.7 Å². The third-order valence-corrected chi connectivity index (χ3v) is 3.78.